The Morgan fingerprint density at radius 1 is 1.17 bits per heavy atom. The quantitative estimate of drug-likeness (QED) is 0.486. The van der Waals surface area contributed by atoms with Crippen LogP contribution in [-0.4, -0.2) is 17.4 Å². The van der Waals surface area contributed by atoms with E-state index >= 15 is 0 Å². The maximum atomic E-state index is 13.7. The average molecular weight is 403 g/mol. The highest BCUT2D eigenvalue weighted by molar-refractivity contribution is 5.37. The SMILES string of the molecule is C=C1C[C@H](F)[C@@H](O)C/C1=C/C=C1\CCC[C@]2(C)[C@@H]([C@H](C)CCCC(C)C)CC[C@@H]12. The molecule has 3 aliphatic rings. The molecule has 1 nitrogen and oxygen atoms in total. The molecule has 1 N–H and O–H groups in total. The molecule has 0 aromatic carbocycles. The van der Waals surface area contributed by atoms with E-state index in [-0.39, 0.29) is 6.42 Å². The molecule has 6 atom stereocenters. The van der Waals surface area contributed by atoms with Gasteiger partial charge in [0.1, 0.15) is 6.17 Å². The topological polar surface area (TPSA) is 20.2 Å². The van der Waals surface area contributed by atoms with Crippen LogP contribution in [0.3, 0.4) is 0 Å². The maximum Gasteiger partial charge on any atom is 0.130 e. The van der Waals surface area contributed by atoms with Gasteiger partial charge in [0.15, 0.2) is 0 Å². The van der Waals surface area contributed by atoms with E-state index in [1.165, 1.54) is 51.4 Å². The number of aliphatic hydroxyl groups is 1. The smallest absolute Gasteiger partial charge is 0.130 e. The largest absolute Gasteiger partial charge is 0.390 e. The number of alkyl halides is 1. The number of allylic oxidation sites excluding steroid dienone is 4. The van der Waals surface area contributed by atoms with E-state index in [9.17, 15) is 9.50 Å². The Morgan fingerprint density at radius 2 is 1.93 bits per heavy atom. The summed E-state index contributed by atoms with van der Waals surface area (Å²) < 4.78 is 13.7. The molecular formula is C27H43FO. The van der Waals surface area contributed by atoms with Crippen molar-refractivity contribution in [3.63, 3.8) is 0 Å². The Hall–Kier alpha value is -0.890. The highest BCUT2D eigenvalue weighted by atomic mass is 19.1. The molecule has 0 unspecified atom stereocenters. The lowest BCUT2D eigenvalue weighted by Crippen LogP contribution is -2.36. The van der Waals surface area contributed by atoms with Gasteiger partial charge < -0.3 is 5.11 Å². The third-order valence-corrected chi connectivity index (χ3v) is 8.41. The standard InChI is InChI=1S/C27H43FO/c1-18(2)8-6-9-19(3)23-13-14-24-21(10-7-15-27(23,24)5)11-12-22-17-26(29)25(28)16-20(22)4/h11-12,18-19,23-26,29H,4,6-10,13-17H2,1-3,5H3/b21-11+,22-12-/t19-,23-,24+,25+,26+,27-/m1/s1. The fourth-order valence-corrected chi connectivity index (χ4v) is 6.66. The maximum absolute atomic E-state index is 13.7. The first-order valence-electron chi connectivity index (χ1n) is 12.1. The van der Waals surface area contributed by atoms with Crippen molar-refractivity contribution in [3.8, 4) is 0 Å². The van der Waals surface area contributed by atoms with E-state index in [1.54, 1.807) is 5.57 Å². The van der Waals surface area contributed by atoms with Gasteiger partial charge in [0.2, 0.25) is 0 Å². The fraction of sp³-hybridized carbons (Fsp3) is 0.778. The molecule has 0 aliphatic heterocycles. The van der Waals surface area contributed by atoms with Crippen molar-refractivity contribution in [2.24, 2.45) is 29.1 Å². The minimum absolute atomic E-state index is 0.271. The van der Waals surface area contributed by atoms with E-state index < -0.39 is 12.3 Å². The predicted octanol–water partition coefficient (Wildman–Crippen LogP) is 7.57. The highest BCUT2D eigenvalue weighted by Crippen LogP contribution is 2.59. The lowest BCUT2D eigenvalue weighted by atomic mass is 9.60. The lowest BCUT2D eigenvalue weighted by molar-refractivity contribution is 0.0704. The summed E-state index contributed by atoms with van der Waals surface area (Å²) in [6, 6.07) is 0. The molecule has 0 radical (unpaired) electrons. The van der Waals surface area contributed by atoms with Crippen LogP contribution >= 0.6 is 0 Å². The number of halogens is 1. The van der Waals surface area contributed by atoms with Gasteiger partial charge in [0.25, 0.3) is 0 Å². The van der Waals surface area contributed by atoms with E-state index in [2.05, 4.69) is 46.4 Å². The van der Waals surface area contributed by atoms with Gasteiger partial charge in [-0.05, 0) is 72.3 Å². The number of hydrogen-bond donors (Lipinski definition) is 1. The van der Waals surface area contributed by atoms with E-state index in [0.29, 0.717) is 17.8 Å². The van der Waals surface area contributed by atoms with Gasteiger partial charge in [0, 0.05) is 12.8 Å². The zero-order chi connectivity index (χ0) is 21.2. The van der Waals surface area contributed by atoms with Gasteiger partial charge in [-0.25, -0.2) is 4.39 Å². The Morgan fingerprint density at radius 3 is 2.66 bits per heavy atom. The molecule has 3 aliphatic carbocycles. The summed E-state index contributed by atoms with van der Waals surface area (Å²) >= 11 is 0. The van der Waals surface area contributed by atoms with Crippen LogP contribution in [0.25, 0.3) is 0 Å². The number of fused-ring (bicyclic) bond motifs is 1. The van der Waals surface area contributed by atoms with Gasteiger partial charge in [-0.2, -0.15) is 0 Å². The first kappa shape index (κ1) is 22.8. The van der Waals surface area contributed by atoms with Crippen LogP contribution in [-0.2, 0) is 0 Å². The van der Waals surface area contributed by atoms with Crippen molar-refractivity contribution in [2.75, 3.05) is 0 Å². The first-order chi connectivity index (χ1) is 13.7. The third-order valence-electron chi connectivity index (χ3n) is 8.41. The van der Waals surface area contributed by atoms with Crippen molar-refractivity contribution >= 4 is 0 Å². The van der Waals surface area contributed by atoms with Crippen LogP contribution in [0.4, 0.5) is 4.39 Å². The normalized spacial score (nSPS) is 39.3. The second-order valence-corrected chi connectivity index (χ2v) is 10.9. The third kappa shape index (κ3) is 5.06. The summed E-state index contributed by atoms with van der Waals surface area (Å²) in [4.78, 5) is 0. The summed E-state index contributed by atoms with van der Waals surface area (Å²) in [5, 5.41) is 9.92. The summed E-state index contributed by atoms with van der Waals surface area (Å²) in [5.74, 6) is 3.17. The zero-order valence-corrected chi connectivity index (χ0v) is 19.2. The monoisotopic (exact) mass is 402 g/mol. The van der Waals surface area contributed by atoms with Crippen molar-refractivity contribution in [3.05, 3.63) is 35.5 Å². The number of rotatable bonds is 6. The average Bonchev–Trinajstić information content (AvgIpc) is 3.01. The fourth-order valence-electron chi connectivity index (χ4n) is 6.66. The van der Waals surface area contributed by atoms with Crippen LogP contribution in [0.15, 0.2) is 35.5 Å². The Labute approximate surface area is 178 Å². The molecule has 0 bridgehead atoms. The van der Waals surface area contributed by atoms with Gasteiger partial charge in [0.05, 0.1) is 6.10 Å². The molecule has 3 fully saturated rings. The molecule has 0 aromatic heterocycles. The summed E-state index contributed by atoms with van der Waals surface area (Å²) in [6.07, 6.45) is 13.7. The lowest BCUT2D eigenvalue weighted by Gasteiger charge is -2.44. The molecule has 0 spiro atoms. The molecule has 3 rings (SSSR count). The molecular weight excluding hydrogens is 359 g/mol. The van der Waals surface area contributed by atoms with Gasteiger partial charge in [-0.15, -0.1) is 0 Å². The van der Waals surface area contributed by atoms with Crippen molar-refractivity contribution in [2.45, 2.75) is 104 Å². The number of hydrogen-bond acceptors (Lipinski definition) is 1. The number of aliphatic hydroxyl groups excluding tert-OH is 1. The van der Waals surface area contributed by atoms with Crippen molar-refractivity contribution in [1.29, 1.82) is 0 Å². The minimum atomic E-state index is -1.15. The molecule has 0 aromatic rings. The van der Waals surface area contributed by atoms with Crippen LogP contribution in [0, 0.1) is 29.1 Å². The predicted molar refractivity (Wildman–Crippen MR) is 121 cm³/mol. The van der Waals surface area contributed by atoms with Gasteiger partial charge in [-0.3, -0.25) is 0 Å². The molecule has 0 heterocycles. The van der Waals surface area contributed by atoms with Crippen LogP contribution in [0.5, 0.6) is 0 Å². The van der Waals surface area contributed by atoms with Crippen LogP contribution in [0.1, 0.15) is 91.9 Å². The first-order valence-corrected chi connectivity index (χ1v) is 12.1. The summed E-state index contributed by atoms with van der Waals surface area (Å²) in [6.45, 7) is 13.8. The van der Waals surface area contributed by atoms with Gasteiger partial charge >= 0.3 is 0 Å². The van der Waals surface area contributed by atoms with E-state index in [4.69, 9.17) is 0 Å². The zero-order valence-electron chi connectivity index (χ0n) is 19.2. The van der Waals surface area contributed by atoms with Crippen LogP contribution in [0.2, 0.25) is 0 Å². The molecule has 2 heteroatoms. The Bertz CT molecular complexity index is 645. The molecule has 3 saturated carbocycles. The Kier molecular flexibility index (Phi) is 7.46. The van der Waals surface area contributed by atoms with Crippen LogP contribution < -0.4 is 0 Å². The Balaban J connectivity index is 1.70. The second-order valence-electron chi connectivity index (χ2n) is 10.9. The molecule has 164 valence electrons. The van der Waals surface area contributed by atoms with Gasteiger partial charge in [-0.1, -0.05) is 71.3 Å². The van der Waals surface area contributed by atoms with Crippen molar-refractivity contribution < 1.29 is 9.50 Å². The van der Waals surface area contributed by atoms with Crippen molar-refractivity contribution in [1.82, 2.24) is 0 Å². The summed E-state index contributed by atoms with van der Waals surface area (Å²) in [5.41, 5.74) is 3.93. The second kappa shape index (κ2) is 9.50. The molecule has 0 saturated heterocycles. The van der Waals surface area contributed by atoms with E-state index in [0.717, 1.165) is 28.9 Å². The molecule has 0 amide bonds. The highest BCUT2D eigenvalue weighted by Gasteiger charge is 2.50. The summed E-state index contributed by atoms with van der Waals surface area (Å²) in [7, 11) is 0. The van der Waals surface area contributed by atoms with E-state index in [1.807, 2.05) is 0 Å². The molecule has 29 heavy (non-hydrogen) atoms. The minimum Gasteiger partial charge on any atom is -0.390 e.